The summed E-state index contributed by atoms with van der Waals surface area (Å²) in [6, 6.07) is 14.3. The SMILES string of the molecule is COCC(=O)N1CCC(n2c(-c3ccc(OC)c(OC)c3)nc3ccccc32)CC1. The molecule has 0 bridgehead atoms. The van der Waals surface area contributed by atoms with E-state index in [4.69, 9.17) is 19.2 Å². The number of likely N-dealkylation sites (tertiary alicyclic amines) is 1. The van der Waals surface area contributed by atoms with E-state index in [-0.39, 0.29) is 18.6 Å². The molecule has 0 unspecified atom stereocenters. The lowest BCUT2D eigenvalue weighted by molar-refractivity contribution is -0.136. The highest BCUT2D eigenvalue weighted by Gasteiger charge is 2.27. The lowest BCUT2D eigenvalue weighted by atomic mass is 10.0. The first kappa shape index (κ1) is 20.2. The Morgan fingerprint density at radius 3 is 2.47 bits per heavy atom. The number of carbonyl (C=O) groups excluding carboxylic acids is 1. The van der Waals surface area contributed by atoms with E-state index in [0.29, 0.717) is 24.6 Å². The molecule has 0 saturated carbocycles. The third kappa shape index (κ3) is 3.73. The standard InChI is InChI=1S/C23H27N3O4/c1-28-15-22(27)25-12-10-17(11-13-25)26-19-7-5-4-6-18(19)24-23(26)16-8-9-20(29-2)21(14-16)30-3/h4-9,14,17H,10-13,15H2,1-3H3. The number of piperidine rings is 1. The summed E-state index contributed by atoms with van der Waals surface area (Å²) < 4.78 is 18.2. The van der Waals surface area contributed by atoms with Crippen LogP contribution in [-0.4, -0.2) is 61.4 Å². The van der Waals surface area contributed by atoms with Crippen molar-refractivity contribution in [3.63, 3.8) is 0 Å². The molecule has 1 amide bonds. The number of nitrogens with zero attached hydrogens (tertiary/aromatic N) is 3. The quantitative estimate of drug-likeness (QED) is 0.623. The van der Waals surface area contributed by atoms with Gasteiger partial charge in [0.1, 0.15) is 12.4 Å². The summed E-state index contributed by atoms with van der Waals surface area (Å²) in [6.45, 7) is 1.56. The summed E-state index contributed by atoms with van der Waals surface area (Å²) in [4.78, 5) is 19.0. The van der Waals surface area contributed by atoms with Gasteiger partial charge in [-0.15, -0.1) is 0 Å². The molecule has 3 aromatic rings. The zero-order valence-corrected chi connectivity index (χ0v) is 17.6. The van der Waals surface area contributed by atoms with E-state index < -0.39 is 0 Å². The number of para-hydroxylation sites is 2. The Morgan fingerprint density at radius 1 is 1.03 bits per heavy atom. The Balaban J connectivity index is 1.71. The minimum Gasteiger partial charge on any atom is -0.493 e. The van der Waals surface area contributed by atoms with Crippen LogP contribution >= 0.6 is 0 Å². The van der Waals surface area contributed by atoms with E-state index >= 15 is 0 Å². The zero-order valence-electron chi connectivity index (χ0n) is 17.6. The Morgan fingerprint density at radius 2 is 1.77 bits per heavy atom. The third-order valence-electron chi connectivity index (χ3n) is 5.69. The number of hydrogen-bond donors (Lipinski definition) is 0. The van der Waals surface area contributed by atoms with E-state index in [0.717, 1.165) is 35.3 Å². The van der Waals surface area contributed by atoms with E-state index in [9.17, 15) is 4.79 Å². The number of rotatable bonds is 6. The predicted molar refractivity (Wildman–Crippen MR) is 115 cm³/mol. The van der Waals surface area contributed by atoms with Crippen molar-refractivity contribution in [2.75, 3.05) is 41.0 Å². The molecule has 0 radical (unpaired) electrons. The summed E-state index contributed by atoms with van der Waals surface area (Å²) >= 11 is 0. The van der Waals surface area contributed by atoms with Gasteiger partial charge in [0.25, 0.3) is 0 Å². The molecule has 158 valence electrons. The van der Waals surface area contributed by atoms with Crippen LogP contribution in [0.4, 0.5) is 0 Å². The maximum Gasteiger partial charge on any atom is 0.248 e. The van der Waals surface area contributed by atoms with Crippen LogP contribution in [0.25, 0.3) is 22.4 Å². The van der Waals surface area contributed by atoms with Crippen LogP contribution in [-0.2, 0) is 9.53 Å². The second-order valence-electron chi connectivity index (χ2n) is 7.41. The molecule has 0 atom stereocenters. The molecule has 2 aromatic carbocycles. The summed E-state index contributed by atoms with van der Waals surface area (Å²) in [7, 11) is 4.82. The Labute approximate surface area is 176 Å². The van der Waals surface area contributed by atoms with Crippen molar-refractivity contribution in [1.82, 2.24) is 14.5 Å². The van der Waals surface area contributed by atoms with Crippen molar-refractivity contribution in [3.05, 3.63) is 42.5 Å². The number of ether oxygens (including phenoxy) is 3. The number of carbonyl (C=O) groups is 1. The molecule has 4 rings (SSSR count). The highest BCUT2D eigenvalue weighted by molar-refractivity contribution is 5.81. The van der Waals surface area contributed by atoms with Gasteiger partial charge in [-0.2, -0.15) is 0 Å². The number of amides is 1. The van der Waals surface area contributed by atoms with Crippen LogP contribution in [0.1, 0.15) is 18.9 Å². The number of aromatic nitrogens is 2. The first-order chi connectivity index (χ1) is 14.7. The highest BCUT2D eigenvalue weighted by Crippen LogP contribution is 2.37. The van der Waals surface area contributed by atoms with E-state index in [1.54, 1.807) is 21.3 Å². The van der Waals surface area contributed by atoms with Crippen molar-refractivity contribution in [3.8, 4) is 22.9 Å². The molecule has 7 heteroatoms. The molecule has 1 aliphatic rings. The molecule has 1 aromatic heterocycles. The molecule has 0 N–H and O–H groups in total. The van der Waals surface area contributed by atoms with Gasteiger partial charge in [-0.3, -0.25) is 4.79 Å². The second kappa shape index (κ2) is 8.75. The Hall–Kier alpha value is -3.06. The van der Waals surface area contributed by atoms with Gasteiger partial charge in [0, 0.05) is 31.8 Å². The number of hydrogen-bond acceptors (Lipinski definition) is 5. The smallest absolute Gasteiger partial charge is 0.248 e. The number of imidazole rings is 1. The monoisotopic (exact) mass is 409 g/mol. The van der Waals surface area contributed by atoms with Crippen LogP contribution in [0.3, 0.4) is 0 Å². The van der Waals surface area contributed by atoms with Crippen molar-refractivity contribution in [2.24, 2.45) is 0 Å². The number of benzene rings is 2. The number of methoxy groups -OCH3 is 3. The van der Waals surface area contributed by atoms with Gasteiger partial charge in [-0.25, -0.2) is 4.98 Å². The average molecular weight is 409 g/mol. The van der Waals surface area contributed by atoms with E-state index in [2.05, 4.69) is 10.6 Å². The van der Waals surface area contributed by atoms with Gasteiger partial charge < -0.3 is 23.7 Å². The molecule has 0 aliphatic carbocycles. The minimum atomic E-state index is 0.0477. The molecule has 1 fully saturated rings. The minimum absolute atomic E-state index is 0.0477. The van der Waals surface area contributed by atoms with E-state index in [1.807, 2.05) is 41.3 Å². The molecular weight excluding hydrogens is 382 g/mol. The molecule has 0 spiro atoms. The first-order valence-corrected chi connectivity index (χ1v) is 10.1. The molecule has 1 saturated heterocycles. The van der Waals surface area contributed by atoms with Crippen molar-refractivity contribution in [1.29, 1.82) is 0 Å². The normalized spacial score (nSPS) is 14.8. The average Bonchev–Trinajstić information content (AvgIpc) is 3.18. The fraction of sp³-hybridized carbons (Fsp3) is 0.391. The van der Waals surface area contributed by atoms with Gasteiger partial charge in [0.05, 0.1) is 25.3 Å². The van der Waals surface area contributed by atoms with Crippen LogP contribution in [0.15, 0.2) is 42.5 Å². The summed E-state index contributed by atoms with van der Waals surface area (Å²) in [6.07, 6.45) is 1.74. The maximum atomic E-state index is 12.2. The largest absolute Gasteiger partial charge is 0.493 e. The lowest BCUT2D eigenvalue weighted by Gasteiger charge is -2.33. The summed E-state index contributed by atoms with van der Waals surface area (Å²) in [5.74, 6) is 2.31. The van der Waals surface area contributed by atoms with Crippen LogP contribution in [0, 0.1) is 0 Å². The Kier molecular flexibility index (Phi) is 5.90. The zero-order chi connectivity index (χ0) is 21.1. The fourth-order valence-electron chi connectivity index (χ4n) is 4.18. The van der Waals surface area contributed by atoms with Gasteiger partial charge in [0.15, 0.2) is 11.5 Å². The van der Waals surface area contributed by atoms with Gasteiger partial charge >= 0.3 is 0 Å². The van der Waals surface area contributed by atoms with Crippen molar-refractivity contribution < 1.29 is 19.0 Å². The molecule has 1 aliphatic heterocycles. The van der Waals surface area contributed by atoms with Crippen LogP contribution in [0.2, 0.25) is 0 Å². The summed E-state index contributed by atoms with van der Waals surface area (Å²) in [5, 5.41) is 0. The maximum absolute atomic E-state index is 12.2. The van der Waals surface area contributed by atoms with E-state index in [1.165, 1.54) is 0 Å². The summed E-state index contributed by atoms with van der Waals surface area (Å²) in [5.41, 5.74) is 3.03. The van der Waals surface area contributed by atoms with Crippen LogP contribution < -0.4 is 9.47 Å². The van der Waals surface area contributed by atoms with Gasteiger partial charge in [-0.05, 0) is 43.2 Å². The first-order valence-electron chi connectivity index (χ1n) is 10.1. The van der Waals surface area contributed by atoms with Crippen LogP contribution in [0.5, 0.6) is 11.5 Å². The topological polar surface area (TPSA) is 65.8 Å². The third-order valence-corrected chi connectivity index (χ3v) is 5.69. The molecular formula is C23H27N3O4. The molecule has 30 heavy (non-hydrogen) atoms. The van der Waals surface area contributed by atoms with Gasteiger partial charge in [-0.1, -0.05) is 12.1 Å². The van der Waals surface area contributed by atoms with Crippen molar-refractivity contribution in [2.45, 2.75) is 18.9 Å². The lowest BCUT2D eigenvalue weighted by Crippen LogP contribution is -2.40. The Bertz CT molecular complexity index is 1040. The molecule has 7 nitrogen and oxygen atoms in total. The molecule has 2 heterocycles. The predicted octanol–water partition coefficient (Wildman–Crippen LogP) is 3.53. The second-order valence-corrected chi connectivity index (χ2v) is 7.41. The highest BCUT2D eigenvalue weighted by atomic mass is 16.5. The number of fused-ring (bicyclic) bond motifs is 1. The fourth-order valence-corrected chi connectivity index (χ4v) is 4.18. The van der Waals surface area contributed by atoms with Gasteiger partial charge in [0.2, 0.25) is 5.91 Å². The van der Waals surface area contributed by atoms with Crippen molar-refractivity contribution >= 4 is 16.9 Å².